The van der Waals surface area contributed by atoms with Gasteiger partial charge in [-0.25, -0.2) is 4.39 Å². The van der Waals surface area contributed by atoms with Crippen molar-refractivity contribution in [2.45, 2.75) is 13.5 Å². The summed E-state index contributed by atoms with van der Waals surface area (Å²) < 4.78 is 31.8. The molecule has 0 fully saturated rings. The van der Waals surface area contributed by atoms with Gasteiger partial charge in [0.15, 0.2) is 17.3 Å². The molecule has 166 valence electrons. The molecule has 1 aliphatic rings. The van der Waals surface area contributed by atoms with Crippen LogP contribution in [0.3, 0.4) is 0 Å². The second-order valence-corrected chi connectivity index (χ2v) is 7.64. The number of rotatable bonds is 6. The second kappa shape index (κ2) is 8.43. The number of ketones is 1. The van der Waals surface area contributed by atoms with Crippen molar-refractivity contribution in [1.82, 2.24) is 4.57 Å². The van der Waals surface area contributed by atoms with Crippen molar-refractivity contribution in [1.29, 1.82) is 0 Å². The Labute approximate surface area is 188 Å². The van der Waals surface area contributed by atoms with Crippen molar-refractivity contribution in [3.8, 4) is 17.2 Å². The second-order valence-electron chi connectivity index (χ2n) is 7.64. The van der Waals surface area contributed by atoms with Gasteiger partial charge in [-0.3, -0.25) is 9.59 Å². The predicted molar refractivity (Wildman–Crippen MR) is 121 cm³/mol. The topological polar surface area (TPSA) is 66.8 Å². The van der Waals surface area contributed by atoms with Crippen molar-refractivity contribution >= 4 is 16.7 Å². The molecule has 0 unspecified atom stereocenters. The van der Waals surface area contributed by atoms with Gasteiger partial charge in [-0.05, 0) is 61.0 Å². The summed E-state index contributed by atoms with van der Waals surface area (Å²) in [5.74, 6) is 0.755. The van der Waals surface area contributed by atoms with Crippen LogP contribution in [0.1, 0.15) is 28.4 Å². The Hall–Kier alpha value is -4.13. The zero-order valence-electron chi connectivity index (χ0n) is 17.8. The van der Waals surface area contributed by atoms with Crippen LogP contribution in [0.4, 0.5) is 4.39 Å². The van der Waals surface area contributed by atoms with Crippen molar-refractivity contribution in [2.24, 2.45) is 0 Å². The van der Waals surface area contributed by atoms with Crippen molar-refractivity contribution in [3.63, 3.8) is 0 Å². The number of ether oxygens (including phenoxy) is 3. The molecule has 33 heavy (non-hydrogen) atoms. The molecule has 0 atom stereocenters. The van der Waals surface area contributed by atoms with Crippen LogP contribution in [0.25, 0.3) is 10.9 Å². The van der Waals surface area contributed by atoms with E-state index in [-0.39, 0.29) is 24.7 Å². The minimum Gasteiger partial charge on any atom is -0.494 e. The number of hydrogen-bond acceptors (Lipinski definition) is 5. The monoisotopic (exact) mass is 445 g/mol. The highest BCUT2D eigenvalue weighted by Gasteiger charge is 2.21. The van der Waals surface area contributed by atoms with Gasteiger partial charge >= 0.3 is 0 Å². The van der Waals surface area contributed by atoms with E-state index in [9.17, 15) is 14.0 Å². The first-order valence-corrected chi connectivity index (χ1v) is 10.5. The predicted octanol–water partition coefficient (Wildman–Crippen LogP) is 4.55. The molecule has 0 N–H and O–H groups in total. The molecular weight excluding hydrogens is 425 g/mol. The lowest BCUT2D eigenvalue weighted by atomic mass is 10.0. The molecule has 1 aliphatic heterocycles. The summed E-state index contributed by atoms with van der Waals surface area (Å²) in [6.07, 6.45) is 1.53. The molecule has 0 bridgehead atoms. The van der Waals surface area contributed by atoms with E-state index < -0.39 is 11.2 Å². The Kier molecular flexibility index (Phi) is 5.30. The number of fused-ring (bicyclic) bond motifs is 2. The molecule has 7 heteroatoms. The molecule has 5 rings (SSSR count). The van der Waals surface area contributed by atoms with Crippen LogP contribution in [0, 0.1) is 5.82 Å². The Bertz CT molecular complexity index is 1440. The van der Waals surface area contributed by atoms with Crippen molar-refractivity contribution in [3.05, 3.63) is 99.6 Å². The number of pyridine rings is 1. The highest BCUT2D eigenvalue weighted by Crippen LogP contribution is 2.33. The van der Waals surface area contributed by atoms with E-state index in [4.69, 9.17) is 14.2 Å². The Balaban J connectivity index is 1.66. The van der Waals surface area contributed by atoms with Crippen LogP contribution >= 0.6 is 0 Å². The standard InChI is InChI=1S/C26H20FNO5/c1-2-31-19-7-8-22-20(12-19)26(30)21(14-28(22)13-16-4-3-5-18(27)10-16)25(29)17-6-9-23-24(11-17)33-15-32-23/h3-12,14H,2,13,15H2,1H3. The summed E-state index contributed by atoms with van der Waals surface area (Å²) >= 11 is 0. The first-order chi connectivity index (χ1) is 16.0. The van der Waals surface area contributed by atoms with Crippen molar-refractivity contribution < 1.29 is 23.4 Å². The third-order valence-corrected chi connectivity index (χ3v) is 5.48. The molecule has 2 heterocycles. The number of nitrogens with zero attached hydrogens (tertiary/aromatic N) is 1. The zero-order chi connectivity index (χ0) is 22.9. The van der Waals surface area contributed by atoms with Gasteiger partial charge in [0.05, 0.1) is 23.1 Å². The molecule has 0 aliphatic carbocycles. The van der Waals surface area contributed by atoms with Gasteiger partial charge in [-0.15, -0.1) is 0 Å². The largest absolute Gasteiger partial charge is 0.494 e. The Morgan fingerprint density at radius 3 is 2.73 bits per heavy atom. The highest BCUT2D eigenvalue weighted by molar-refractivity contribution is 6.10. The quantitative estimate of drug-likeness (QED) is 0.408. The van der Waals surface area contributed by atoms with Gasteiger partial charge in [0, 0.05) is 18.3 Å². The molecule has 4 aromatic rings. The molecular formula is C26H20FNO5. The molecule has 1 aromatic heterocycles. The maximum Gasteiger partial charge on any atom is 0.231 e. The number of aromatic nitrogens is 1. The minimum absolute atomic E-state index is 0.00594. The average molecular weight is 445 g/mol. The van der Waals surface area contributed by atoms with E-state index in [0.29, 0.717) is 45.9 Å². The van der Waals surface area contributed by atoms with Gasteiger partial charge < -0.3 is 18.8 Å². The lowest BCUT2D eigenvalue weighted by molar-refractivity contribution is 0.103. The number of benzene rings is 3. The maximum absolute atomic E-state index is 13.8. The van der Waals surface area contributed by atoms with E-state index in [1.54, 1.807) is 53.1 Å². The van der Waals surface area contributed by atoms with Gasteiger partial charge in [-0.1, -0.05) is 12.1 Å². The van der Waals surface area contributed by atoms with Gasteiger partial charge in [-0.2, -0.15) is 0 Å². The van der Waals surface area contributed by atoms with E-state index in [1.807, 2.05) is 6.92 Å². The summed E-state index contributed by atoms with van der Waals surface area (Å²) in [4.78, 5) is 26.8. The number of halogens is 1. The molecule has 6 nitrogen and oxygen atoms in total. The van der Waals surface area contributed by atoms with Gasteiger partial charge in [0.2, 0.25) is 12.2 Å². The Morgan fingerprint density at radius 2 is 1.91 bits per heavy atom. The highest BCUT2D eigenvalue weighted by atomic mass is 19.1. The third kappa shape index (κ3) is 3.93. The van der Waals surface area contributed by atoms with Crippen LogP contribution < -0.4 is 19.6 Å². The summed E-state index contributed by atoms with van der Waals surface area (Å²) in [5, 5.41) is 0.351. The molecule has 0 saturated carbocycles. The van der Waals surface area contributed by atoms with Crippen LogP contribution in [0.15, 0.2) is 71.7 Å². The summed E-state index contributed by atoms with van der Waals surface area (Å²) in [6.45, 7) is 2.67. The minimum atomic E-state index is -0.435. The maximum atomic E-state index is 13.8. The summed E-state index contributed by atoms with van der Waals surface area (Å²) in [6, 6.07) is 16.2. The number of carbonyl (C=O) groups excluding carboxylic acids is 1. The molecule has 0 saturated heterocycles. The average Bonchev–Trinajstić information content (AvgIpc) is 3.29. The van der Waals surface area contributed by atoms with Gasteiger partial charge in [0.1, 0.15) is 11.6 Å². The van der Waals surface area contributed by atoms with E-state index in [0.717, 1.165) is 0 Å². The third-order valence-electron chi connectivity index (χ3n) is 5.48. The smallest absolute Gasteiger partial charge is 0.231 e. The normalized spacial score (nSPS) is 12.2. The van der Waals surface area contributed by atoms with E-state index in [1.165, 1.54) is 18.3 Å². The van der Waals surface area contributed by atoms with E-state index in [2.05, 4.69) is 0 Å². The molecule has 0 amide bonds. The number of carbonyl (C=O) groups is 1. The fourth-order valence-corrected chi connectivity index (χ4v) is 3.95. The van der Waals surface area contributed by atoms with Crippen LogP contribution in [-0.4, -0.2) is 23.8 Å². The molecule has 0 spiro atoms. The number of hydrogen-bond donors (Lipinski definition) is 0. The first kappa shape index (κ1) is 20.8. The van der Waals surface area contributed by atoms with Crippen LogP contribution in [0.5, 0.6) is 17.2 Å². The SMILES string of the molecule is CCOc1ccc2c(c1)c(=O)c(C(=O)c1ccc3c(c1)OCO3)cn2Cc1cccc(F)c1. The molecule has 3 aromatic carbocycles. The lowest BCUT2D eigenvalue weighted by Gasteiger charge is -2.15. The lowest BCUT2D eigenvalue weighted by Crippen LogP contribution is -2.20. The zero-order valence-corrected chi connectivity index (χ0v) is 17.8. The molecule has 0 radical (unpaired) electrons. The summed E-state index contributed by atoms with van der Waals surface area (Å²) in [7, 11) is 0. The van der Waals surface area contributed by atoms with Crippen molar-refractivity contribution in [2.75, 3.05) is 13.4 Å². The fraction of sp³-hybridized carbons (Fsp3) is 0.154. The fourth-order valence-electron chi connectivity index (χ4n) is 3.95. The summed E-state index contributed by atoms with van der Waals surface area (Å²) in [5.41, 5.74) is 1.25. The van der Waals surface area contributed by atoms with E-state index >= 15 is 0 Å². The Morgan fingerprint density at radius 1 is 1.06 bits per heavy atom. The van der Waals surface area contributed by atoms with Crippen LogP contribution in [0.2, 0.25) is 0 Å². The first-order valence-electron chi connectivity index (χ1n) is 10.5. The van der Waals surface area contributed by atoms with Crippen LogP contribution in [-0.2, 0) is 6.54 Å². The van der Waals surface area contributed by atoms with Gasteiger partial charge in [0.25, 0.3) is 0 Å².